The van der Waals surface area contributed by atoms with Crippen LogP contribution in [-0.2, 0) is 11.3 Å². The van der Waals surface area contributed by atoms with Crippen molar-refractivity contribution in [2.45, 2.75) is 20.4 Å². The quantitative estimate of drug-likeness (QED) is 0.872. The van der Waals surface area contributed by atoms with Crippen molar-refractivity contribution in [1.82, 2.24) is 14.9 Å². The highest BCUT2D eigenvalue weighted by Crippen LogP contribution is 2.16. The minimum atomic E-state index is -0.269. The zero-order valence-corrected chi connectivity index (χ0v) is 13.8. The van der Waals surface area contributed by atoms with Gasteiger partial charge in [-0.1, -0.05) is 17.7 Å². The number of amides is 1. The highest BCUT2D eigenvalue weighted by atomic mass is 35.5. The molecule has 122 valence electrons. The molecule has 1 N–H and O–H groups in total. The van der Waals surface area contributed by atoms with E-state index in [9.17, 15) is 9.59 Å². The Kier molecular flexibility index (Phi) is 5.76. The van der Waals surface area contributed by atoms with Crippen LogP contribution in [0.2, 0.25) is 5.02 Å². The molecule has 6 nitrogen and oxygen atoms in total. The largest absolute Gasteiger partial charge is 0.484 e. The number of halogens is 1. The van der Waals surface area contributed by atoms with E-state index in [0.717, 1.165) is 0 Å². The van der Waals surface area contributed by atoms with Gasteiger partial charge in [0.25, 0.3) is 11.5 Å². The average Bonchev–Trinajstić information content (AvgIpc) is 2.53. The molecule has 0 unspecified atom stereocenters. The fourth-order valence-electron chi connectivity index (χ4n) is 1.91. The van der Waals surface area contributed by atoms with E-state index < -0.39 is 0 Å². The summed E-state index contributed by atoms with van der Waals surface area (Å²) in [6.07, 6.45) is 1.49. The number of rotatable bonds is 6. The first kappa shape index (κ1) is 17.0. The second-order valence-corrected chi connectivity index (χ2v) is 5.49. The molecule has 1 amide bonds. The summed E-state index contributed by atoms with van der Waals surface area (Å²) in [5.74, 6) is 0.261. The summed E-state index contributed by atoms with van der Waals surface area (Å²) in [5.41, 5.74) is 1.23. The van der Waals surface area contributed by atoms with Gasteiger partial charge in [-0.15, -0.1) is 0 Å². The first-order chi connectivity index (χ1) is 11.0. The predicted octanol–water partition coefficient (Wildman–Crippen LogP) is 1.71. The zero-order valence-electron chi connectivity index (χ0n) is 13.0. The molecule has 7 heteroatoms. The van der Waals surface area contributed by atoms with Crippen molar-refractivity contribution in [3.63, 3.8) is 0 Å². The summed E-state index contributed by atoms with van der Waals surface area (Å²) < 4.78 is 6.81. The number of aromatic nitrogens is 2. The summed E-state index contributed by atoms with van der Waals surface area (Å²) in [6.45, 7) is 4.09. The molecule has 0 fully saturated rings. The normalized spacial score (nSPS) is 10.4. The molecule has 2 rings (SSSR count). The number of nitrogens with zero attached hydrogens (tertiary/aromatic N) is 2. The van der Waals surface area contributed by atoms with Crippen molar-refractivity contribution in [2.24, 2.45) is 0 Å². The van der Waals surface area contributed by atoms with Crippen molar-refractivity contribution in [3.8, 4) is 5.75 Å². The summed E-state index contributed by atoms with van der Waals surface area (Å²) in [4.78, 5) is 27.8. The SMILES string of the molecule is Cc1ncn(CCNC(=O)COc2cccc(Cl)c2)c(=O)c1C. The average molecular weight is 336 g/mol. The van der Waals surface area contributed by atoms with E-state index in [1.807, 2.05) is 0 Å². The van der Waals surface area contributed by atoms with Crippen molar-refractivity contribution in [2.75, 3.05) is 13.2 Å². The molecule has 23 heavy (non-hydrogen) atoms. The minimum Gasteiger partial charge on any atom is -0.484 e. The molecule has 2 aromatic rings. The number of nitrogens with one attached hydrogen (secondary N) is 1. The van der Waals surface area contributed by atoms with Crippen LogP contribution in [-0.4, -0.2) is 28.6 Å². The first-order valence-electron chi connectivity index (χ1n) is 7.15. The lowest BCUT2D eigenvalue weighted by Gasteiger charge is -2.10. The smallest absolute Gasteiger partial charge is 0.258 e. The third kappa shape index (κ3) is 4.82. The van der Waals surface area contributed by atoms with Crippen LogP contribution >= 0.6 is 11.6 Å². The summed E-state index contributed by atoms with van der Waals surface area (Å²) in [7, 11) is 0. The van der Waals surface area contributed by atoms with Crippen LogP contribution in [0.25, 0.3) is 0 Å². The van der Waals surface area contributed by atoms with Crippen LogP contribution in [0.1, 0.15) is 11.3 Å². The van der Waals surface area contributed by atoms with Gasteiger partial charge in [-0.2, -0.15) is 0 Å². The van der Waals surface area contributed by atoms with Crippen LogP contribution in [0.15, 0.2) is 35.4 Å². The summed E-state index contributed by atoms with van der Waals surface area (Å²) in [6, 6.07) is 6.83. The number of ether oxygens (including phenoxy) is 1. The van der Waals surface area contributed by atoms with E-state index in [-0.39, 0.29) is 18.1 Å². The lowest BCUT2D eigenvalue weighted by Crippen LogP contribution is -2.34. The van der Waals surface area contributed by atoms with Crippen LogP contribution in [0.5, 0.6) is 5.75 Å². The van der Waals surface area contributed by atoms with Gasteiger partial charge in [0.2, 0.25) is 0 Å². The fraction of sp³-hybridized carbons (Fsp3) is 0.312. The molecule has 1 aromatic heterocycles. The number of aryl methyl sites for hydroxylation is 1. The summed E-state index contributed by atoms with van der Waals surface area (Å²) in [5, 5.41) is 3.24. The Bertz CT molecular complexity index is 758. The number of hydrogen-bond donors (Lipinski definition) is 1. The van der Waals surface area contributed by atoms with Gasteiger partial charge in [0.15, 0.2) is 6.61 Å². The molecule has 0 atom stereocenters. The molecule has 0 radical (unpaired) electrons. The predicted molar refractivity (Wildman–Crippen MR) is 87.9 cm³/mol. The van der Waals surface area contributed by atoms with Gasteiger partial charge < -0.3 is 10.1 Å². The second kappa shape index (κ2) is 7.78. The van der Waals surface area contributed by atoms with Gasteiger partial charge in [-0.3, -0.25) is 14.2 Å². The maximum absolute atomic E-state index is 12.0. The molecule has 1 aromatic carbocycles. The molecule has 1 heterocycles. The van der Waals surface area contributed by atoms with Crippen LogP contribution in [0.3, 0.4) is 0 Å². The monoisotopic (exact) mass is 335 g/mol. The molecule has 0 saturated carbocycles. The number of carbonyl (C=O) groups is 1. The van der Waals surface area contributed by atoms with Crippen molar-refractivity contribution in [1.29, 1.82) is 0 Å². The number of benzene rings is 1. The lowest BCUT2D eigenvalue weighted by molar-refractivity contribution is -0.123. The Morgan fingerprint density at radius 1 is 1.39 bits per heavy atom. The highest BCUT2D eigenvalue weighted by Gasteiger charge is 2.06. The van der Waals surface area contributed by atoms with Crippen LogP contribution in [0.4, 0.5) is 0 Å². The number of hydrogen-bond acceptors (Lipinski definition) is 4. The van der Waals surface area contributed by atoms with E-state index >= 15 is 0 Å². The molecule has 0 aliphatic carbocycles. The Hall–Kier alpha value is -2.34. The molecule has 0 aliphatic heterocycles. The maximum Gasteiger partial charge on any atom is 0.258 e. The van der Waals surface area contributed by atoms with Crippen LogP contribution in [0, 0.1) is 13.8 Å². The van der Waals surface area contributed by atoms with Crippen LogP contribution < -0.4 is 15.6 Å². The molecule has 0 spiro atoms. The maximum atomic E-state index is 12.0. The Balaban J connectivity index is 1.79. The van der Waals surface area contributed by atoms with E-state index in [0.29, 0.717) is 35.1 Å². The van der Waals surface area contributed by atoms with Crippen molar-refractivity contribution < 1.29 is 9.53 Å². The Morgan fingerprint density at radius 2 is 2.17 bits per heavy atom. The lowest BCUT2D eigenvalue weighted by atomic mass is 10.3. The number of carbonyl (C=O) groups excluding carboxylic acids is 1. The molecule has 0 bridgehead atoms. The van der Waals surface area contributed by atoms with E-state index in [4.69, 9.17) is 16.3 Å². The van der Waals surface area contributed by atoms with Gasteiger partial charge in [0, 0.05) is 29.4 Å². The molecule has 0 saturated heterocycles. The second-order valence-electron chi connectivity index (χ2n) is 5.05. The Morgan fingerprint density at radius 3 is 2.91 bits per heavy atom. The van der Waals surface area contributed by atoms with E-state index in [1.54, 1.807) is 38.1 Å². The fourth-order valence-corrected chi connectivity index (χ4v) is 2.09. The third-order valence-electron chi connectivity index (χ3n) is 3.36. The van der Waals surface area contributed by atoms with Gasteiger partial charge in [-0.25, -0.2) is 4.98 Å². The van der Waals surface area contributed by atoms with Gasteiger partial charge in [0.05, 0.1) is 6.33 Å². The zero-order chi connectivity index (χ0) is 16.8. The molecule has 0 aliphatic rings. The van der Waals surface area contributed by atoms with Crippen molar-refractivity contribution >= 4 is 17.5 Å². The third-order valence-corrected chi connectivity index (χ3v) is 3.59. The van der Waals surface area contributed by atoms with Gasteiger partial charge >= 0.3 is 0 Å². The highest BCUT2D eigenvalue weighted by molar-refractivity contribution is 6.30. The topological polar surface area (TPSA) is 73.2 Å². The summed E-state index contributed by atoms with van der Waals surface area (Å²) >= 11 is 5.83. The Labute approximate surface area is 139 Å². The van der Waals surface area contributed by atoms with E-state index in [2.05, 4.69) is 10.3 Å². The first-order valence-corrected chi connectivity index (χ1v) is 7.53. The van der Waals surface area contributed by atoms with E-state index in [1.165, 1.54) is 10.9 Å². The van der Waals surface area contributed by atoms with Gasteiger partial charge in [0.1, 0.15) is 5.75 Å². The van der Waals surface area contributed by atoms with Crippen molar-refractivity contribution in [3.05, 3.63) is 57.2 Å². The molecular weight excluding hydrogens is 318 g/mol. The minimum absolute atomic E-state index is 0.0954. The van der Waals surface area contributed by atoms with Gasteiger partial charge in [-0.05, 0) is 32.0 Å². The standard InChI is InChI=1S/C16H18ClN3O3/c1-11-12(2)19-10-20(16(11)22)7-6-18-15(21)9-23-14-5-3-4-13(17)8-14/h3-5,8,10H,6-7,9H2,1-2H3,(H,18,21). The molecular formula is C16H18ClN3O3.